The number of nitrogens with one attached hydrogen (secondary N) is 2. The van der Waals surface area contributed by atoms with E-state index in [1.54, 1.807) is 0 Å². The number of aliphatic hydroxyl groups is 9. The lowest BCUT2D eigenvalue weighted by atomic mass is 9.88. The van der Waals surface area contributed by atoms with Crippen LogP contribution in [0.2, 0.25) is 0 Å². The Morgan fingerprint density at radius 3 is 2.05 bits per heavy atom. The van der Waals surface area contributed by atoms with Gasteiger partial charge < -0.3 is 90.1 Å². The van der Waals surface area contributed by atoms with E-state index < -0.39 is 147 Å². The normalized spacial score (nSPS) is 37.6. The van der Waals surface area contributed by atoms with Crippen LogP contribution in [0.1, 0.15) is 20.3 Å². The van der Waals surface area contributed by atoms with Crippen LogP contribution in [0, 0.1) is 10.1 Å². The number of hydrogen-bond acceptors (Lipinski definition) is 20. The molecule has 0 saturated carbocycles. The highest BCUT2D eigenvalue weighted by Crippen LogP contribution is 2.36. The fourth-order valence-electron chi connectivity index (χ4n) is 6.31. The number of ether oxygens (including phenoxy) is 6. The number of carbonyl (C=O) groups is 3. The standard InChI is InChI=1S/C31H45N3O21/c1-11(37)32-19-15(39)7-31(30(46)47,55-27(19)21(41)16(40)8-35)50-10-18-23(43)26(54-29-25(45)24(44)22(42)17(9-36)52-29)20(33-12(2)38)28(53-18)51-14-5-3-13(4-6-14)34(48)49/h3-6,15-29,35-36,39-45H,7-10H2,1-2H3,(H,32,37)(H,33,38)(H,46,47)/t15-,16-,17+,18+,19-,20+,21-,22+,23-,24+,25+,26-,27-,28-,29+,31-/m1/s1. The van der Waals surface area contributed by atoms with Crippen molar-refractivity contribution in [3.8, 4) is 5.75 Å². The van der Waals surface area contributed by atoms with Crippen LogP contribution in [0.5, 0.6) is 5.75 Å². The van der Waals surface area contributed by atoms with Crippen LogP contribution in [0.15, 0.2) is 24.3 Å². The van der Waals surface area contributed by atoms with Gasteiger partial charge in [-0.3, -0.25) is 19.7 Å². The topological polar surface area (TPSA) is 376 Å². The van der Waals surface area contributed by atoms with E-state index in [1.165, 1.54) is 0 Å². The van der Waals surface area contributed by atoms with Crippen molar-refractivity contribution < 1.29 is 98.8 Å². The Morgan fingerprint density at radius 1 is 0.909 bits per heavy atom. The van der Waals surface area contributed by atoms with Gasteiger partial charge in [0.2, 0.25) is 18.1 Å². The van der Waals surface area contributed by atoms with E-state index in [9.17, 15) is 75.6 Å². The lowest BCUT2D eigenvalue weighted by Gasteiger charge is -2.49. The van der Waals surface area contributed by atoms with Gasteiger partial charge in [0.15, 0.2) is 6.29 Å². The maximum Gasteiger partial charge on any atom is 0.364 e. The number of nitro groups is 1. The predicted molar refractivity (Wildman–Crippen MR) is 173 cm³/mol. The lowest BCUT2D eigenvalue weighted by molar-refractivity contribution is -0.384. The van der Waals surface area contributed by atoms with Crippen molar-refractivity contribution in [2.24, 2.45) is 0 Å². The third-order valence-corrected chi connectivity index (χ3v) is 9.15. The van der Waals surface area contributed by atoms with Crippen molar-refractivity contribution in [1.29, 1.82) is 0 Å². The molecule has 1 aromatic rings. The third-order valence-electron chi connectivity index (χ3n) is 9.15. The molecule has 310 valence electrons. The molecule has 2 amide bonds. The van der Waals surface area contributed by atoms with E-state index in [4.69, 9.17) is 28.4 Å². The quantitative estimate of drug-likeness (QED) is 0.0580. The SMILES string of the molecule is CC(=O)N[C@@H]1[C@H](Oc2ccc([N+](=O)[O-])cc2)O[C@@H](CO[C@]2(C(=O)O)C[C@@H](O)[C@@H](NC(C)=O)[C@H]([C@H](O)[C@H](O)CO)O2)[C@@H](O)[C@@H]1O[C@@H]1O[C@@H](CO)[C@H](O)[C@H](O)[C@@H]1O. The molecular formula is C31H45N3O21. The molecule has 3 aliphatic rings. The summed E-state index contributed by atoms with van der Waals surface area (Å²) in [6.07, 6.45) is -25.2. The Hall–Kier alpha value is -3.73. The van der Waals surface area contributed by atoms with Crippen LogP contribution in [-0.4, -0.2) is 191 Å². The number of amides is 2. The highest BCUT2D eigenvalue weighted by molar-refractivity contribution is 5.76. The molecule has 0 aliphatic carbocycles. The lowest BCUT2D eigenvalue weighted by Crippen LogP contribution is -2.70. The number of hydrogen-bond donors (Lipinski definition) is 12. The first-order valence-electron chi connectivity index (χ1n) is 16.8. The summed E-state index contributed by atoms with van der Waals surface area (Å²) in [6.45, 7) is -0.811. The molecule has 0 spiro atoms. The molecule has 0 bridgehead atoms. The molecule has 3 fully saturated rings. The van der Waals surface area contributed by atoms with Gasteiger partial charge in [0.05, 0.1) is 36.9 Å². The molecule has 3 aliphatic heterocycles. The van der Waals surface area contributed by atoms with Gasteiger partial charge in [-0.1, -0.05) is 0 Å². The van der Waals surface area contributed by atoms with E-state index in [0.29, 0.717) is 0 Å². The van der Waals surface area contributed by atoms with E-state index in [1.807, 2.05) is 0 Å². The van der Waals surface area contributed by atoms with Gasteiger partial charge in [0.25, 0.3) is 11.5 Å². The number of carboxylic acids is 1. The molecule has 3 heterocycles. The van der Waals surface area contributed by atoms with Crippen LogP contribution < -0.4 is 15.4 Å². The summed E-state index contributed by atoms with van der Waals surface area (Å²) in [7, 11) is 0. The second kappa shape index (κ2) is 18.5. The molecule has 4 rings (SSSR count). The van der Waals surface area contributed by atoms with Crippen LogP contribution >= 0.6 is 0 Å². The van der Waals surface area contributed by atoms with Gasteiger partial charge in [-0.15, -0.1) is 0 Å². The minimum absolute atomic E-state index is 0.0994. The molecular weight excluding hydrogens is 750 g/mol. The molecule has 55 heavy (non-hydrogen) atoms. The van der Waals surface area contributed by atoms with Gasteiger partial charge in [-0.2, -0.15) is 0 Å². The number of carboxylic acid groups (broad SMARTS) is 1. The molecule has 12 N–H and O–H groups in total. The number of nitrogens with zero attached hydrogens (tertiary/aromatic N) is 1. The average molecular weight is 796 g/mol. The number of aliphatic hydroxyl groups excluding tert-OH is 9. The van der Waals surface area contributed by atoms with Crippen LogP contribution in [0.25, 0.3) is 0 Å². The zero-order valence-electron chi connectivity index (χ0n) is 29.2. The summed E-state index contributed by atoms with van der Waals surface area (Å²) in [5.74, 6) is -6.41. The number of aliphatic carboxylic acids is 1. The molecule has 1 aromatic carbocycles. The molecule has 16 atom stereocenters. The Morgan fingerprint density at radius 2 is 1.51 bits per heavy atom. The van der Waals surface area contributed by atoms with E-state index in [-0.39, 0.29) is 11.4 Å². The van der Waals surface area contributed by atoms with E-state index >= 15 is 0 Å². The monoisotopic (exact) mass is 795 g/mol. The summed E-state index contributed by atoms with van der Waals surface area (Å²) in [4.78, 5) is 47.6. The first-order chi connectivity index (χ1) is 25.8. The highest BCUT2D eigenvalue weighted by atomic mass is 16.8. The molecule has 24 nitrogen and oxygen atoms in total. The number of carbonyl (C=O) groups excluding carboxylic acids is 2. The second-order valence-electron chi connectivity index (χ2n) is 13.1. The van der Waals surface area contributed by atoms with E-state index in [0.717, 1.165) is 38.1 Å². The van der Waals surface area contributed by atoms with Crippen LogP contribution in [0.4, 0.5) is 5.69 Å². The van der Waals surface area contributed by atoms with Gasteiger partial charge in [-0.05, 0) is 12.1 Å². The molecule has 0 aromatic heterocycles. The summed E-state index contributed by atoms with van der Waals surface area (Å²) in [5.41, 5.74) is -0.329. The first kappa shape index (κ1) is 44.0. The van der Waals surface area contributed by atoms with Crippen molar-refractivity contribution >= 4 is 23.5 Å². The number of non-ortho nitro benzene ring substituents is 1. The predicted octanol–water partition coefficient (Wildman–Crippen LogP) is -6.08. The number of nitro benzene ring substituents is 1. The zero-order chi connectivity index (χ0) is 40.9. The Kier molecular flexibility index (Phi) is 14.8. The molecule has 0 radical (unpaired) electrons. The van der Waals surface area contributed by atoms with Gasteiger partial charge in [0.1, 0.15) is 72.8 Å². The fourth-order valence-corrected chi connectivity index (χ4v) is 6.31. The largest absolute Gasteiger partial charge is 0.477 e. The van der Waals surface area contributed by atoms with E-state index in [2.05, 4.69) is 10.6 Å². The van der Waals surface area contributed by atoms with Gasteiger partial charge in [0, 0.05) is 32.4 Å². The summed E-state index contributed by atoms with van der Waals surface area (Å²) < 4.78 is 34.3. The minimum Gasteiger partial charge on any atom is -0.477 e. The van der Waals surface area contributed by atoms with Crippen molar-refractivity contribution in [1.82, 2.24) is 10.6 Å². The molecule has 0 unspecified atom stereocenters. The van der Waals surface area contributed by atoms with Crippen LogP contribution in [0.3, 0.4) is 0 Å². The Bertz CT molecular complexity index is 1490. The highest BCUT2D eigenvalue weighted by Gasteiger charge is 2.58. The van der Waals surface area contributed by atoms with Gasteiger partial charge >= 0.3 is 5.97 Å². The average Bonchev–Trinajstić information content (AvgIpc) is 3.13. The zero-order valence-corrected chi connectivity index (χ0v) is 29.2. The maximum atomic E-state index is 12.7. The number of rotatable bonds is 15. The smallest absolute Gasteiger partial charge is 0.364 e. The second-order valence-corrected chi connectivity index (χ2v) is 13.1. The van der Waals surface area contributed by atoms with Crippen LogP contribution in [-0.2, 0) is 38.1 Å². The van der Waals surface area contributed by atoms with Crippen molar-refractivity contribution in [2.75, 3.05) is 19.8 Å². The Balaban J connectivity index is 1.71. The summed E-state index contributed by atoms with van der Waals surface area (Å²) >= 11 is 0. The molecule has 3 saturated heterocycles. The van der Waals surface area contributed by atoms with Gasteiger partial charge in [-0.25, -0.2) is 4.79 Å². The minimum atomic E-state index is -2.91. The summed E-state index contributed by atoms with van der Waals surface area (Å²) in [5, 5.41) is 120. The number of benzene rings is 1. The first-order valence-corrected chi connectivity index (χ1v) is 16.8. The van der Waals surface area contributed by atoms with Crippen molar-refractivity contribution in [3.05, 3.63) is 34.4 Å². The third kappa shape index (κ3) is 9.99. The Labute approximate surface area is 310 Å². The fraction of sp³-hybridized carbons (Fsp3) is 0.710. The van der Waals surface area contributed by atoms with Crippen molar-refractivity contribution in [3.63, 3.8) is 0 Å². The van der Waals surface area contributed by atoms with Crippen molar-refractivity contribution in [2.45, 2.75) is 118 Å². The maximum absolute atomic E-state index is 12.7. The summed E-state index contributed by atoms with van der Waals surface area (Å²) in [6, 6.07) is 1.35. The molecule has 24 heteroatoms.